The van der Waals surface area contributed by atoms with Crippen molar-refractivity contribution in [1.82, 2.24) is 5.32 Å². The third-order valence-corrected chi connectivity index (χ3v) is 4.20. The zero-order chi connectivity index (χ0) is 14.8. The molecule has 3 rings (SSSR count). The van der Waals surface area contributed by atoms with Crippen molar-refractivity contribution in [3.05, 3.63) is 51.4 Å². The van der Waals surface area contributed by atoms with Gasteiger partial charge in [0.25, 0.3) is 0 Å². The molecule has 0 amide bonds. The summed E-state index contributed by atoms with van der Waals surface area (Å²) in [7, 11) is 0. The van der Waals surface area contributed by atoms with Gasteiger partial charge in [-0.25, -0.2) is 0 Å². The summed E-state index contributed by atoms with van der Waals surface area (Å²) in [6.45, 7) is 5.40. The standard InChI is InChI=1S/C17H20BrNO2/c1-11-7-13(18)3-6-16(11)20-10-15-8-12(2)17(21-15)9-19-14-4-5-14/h3,6-8,14,19H,4-5,9-10H2,1-2H3. The van der Waals surface area contributed by atoms with Crippen molar-refractivity contribution >= 4 is 15.9 Å². The molecule has 4 heteroatoms. The van der Waals surface area contributed by atoms with Crippen molar-refractivity contribution in [2.75, 3.05) is 0 Å². The maximum Gasteiger partial charge on any atom is 0.146 e. The number of hydrogen-bond acceptors (Lipinski definition) is 3. The molecule has 2 aromatic rings. The Hall–Kier alpha value is -1.26. The molecule has 0 radical (unpaired) electrons. The van der Waals surface area contributed by atoms with Crippen LogP contribution < -0.4 is 10.1 Å². The lowest BCUT2D eigenvalue weighted by Gasteiger charge is -2.07. The van der Waals surface area contributed by atoms with E-state index in [0.29, 0.717) is 12.6 Å². The van der Waals surface area contributed by atoms with Gasteiger partial charge in [-0.15, -0.1) is 0 Å². The van der Waals surface area contributed by atoms with E-state index in [0.717, 1.165) is 33.9 Å². The van der Waals surface area contributed by atoms with Gasteiger partial charge in [-0.3, -0.25) is 0 Å². The normalized spacial score (nSPS) is 14.4. The van der Waals surface area contributed by atoms with Crippen LogP contribution in [0, 0.1) is 13.8 Å². The number of nitrogens with one attached hydrogen (secondary N) is 1. The highest BCUT2D eigenvalue weighted by atomic mass is 79.9. The first-order valence-electron chi connectivity index (χ1n) is 7.32. The van der Waals surface area contributed by atoms with Gasteiger partial charge in [0.05, 0.1) is 6.54 Å². The molecule has 1 aromatic heterocycles. The second kappa shape index (κ2) is 6.24. The zero-order valence-corrected chi connectivity index (χ0v) is 14.0. The second-order valence-electron chi connectivity index (χ2n) is 5.67. The Labute approximate surface area is 133 Å². The van der Waals surface area contributed by atoms with E-state index in [-0.39, 0.29) is 0 Å². The molecule has 1 fully saturated rings. The predicted molar refractivity (Wildman–Crippen MR) is 86.5 cm³/mol. The Morgan fingerprint density at radius 1 is 1.24 bits per heavy atom. The predicted octanol–water partition coefficient (Wildman–Crippen LogP) is 4.49. The van der Waals surface area contributed by atoms with Crippen LogP contribution in [0.25, 0.3) is 0 Å². The molecule has 1 heterocycles. The van der Waals surface area contributed by atoms with E-state index in [9.17, 15) is 0 Å². The first-order chi connectivity index (χ1) is 10.1. The van der Waals surface area contributed by atoms with Crippen LogP contribution in [0.15, 0.2) is 33.2 Å². The minimum Gasteiger partial charge on any atom is -0.485 e. The molecule has 0 saturated heterocycles. The topological polar surface area (TPSA) is 34.4 Å². The fraction of sp³-hybridized carbons (Fsp3) is 0.412. The molecule has 1 aromatic carbocycles. The number of ether oxygens (including phenoxy) is 1. The van der Waals surface area contributed by atoms with Crippen LogP contribution in [-0.4, -0.2) is 6.04 Å². The second-order valence-corrected chi connectivity index (χ2v) is 6.59. The van der Waals surface area contributed by atoms with Crippen molar-refractivity contribution in [3.63, 3.8) is 0 Å². The van der Waals surface area contributed by atoms with E-state index in [1.54, 1.807) is 0 Å². The number of rotatable bonds is 6. The van der Waals surface area contributed by atoms with Gasteiger partial charge in [0, 0.05) is 10.5 Å². The molecule has 1 saturated carbocycles. The minimum absolute atomic E-state index is 0.465. The van der Waals surface area contributed by atoms with Crippen molar-refractivity contribution in [2.24, 2.45) is 0 Å². The van der Waals surface area contributed by atoms with Crippen LogP contribution in [0.2, 0.25) is 0 Å². The summed E-state index contributed by atoms with van der Waals surface area (Å²) in [5.74, 6) is 2.79. The Balaban J connectivity index is 1.60. The fourth-order valence-electron chi connectivity index (χ4n) is 2.28. The van der Waals surface area contributed by atoms with E-state index in [1.807, 2.05) is 25.1 Å². The fourth-order valence-corrected chi connectivity index (χ4v) is 2.76. The summed E-state index contributed by atoms with van der Waals surface area (Å²) in [6, 6.07) is 8.77. The smallest absolute Gasteiger partial charge is 0.146 e. The Morgan fingerprint density at radius 2 is 2.05 bits per heavy atom. The number of furan rings is 1. The van der Waals surface area contributed by atoms with Crippen LogP contribution in [0.1, 0.15) is 35.5 Å². The monoisotopic (exact) mass is 349 g/mol. The van der Waals surface area contributed by atoms with Gasteiger partial charge in [0.2, 0.25) is 0 Å². The van der Waals surface area contributed by atoms with Gasteiger partial charge in [-0.1, -0.05) is 15.9 Å². The van der Waals surface area contributed by atoms with E-state index in [4.69, 9.17) is 9.15 Å². The summed E-state index contributed by atoms with van der Waals surface area (Å²) < 4.78 is 12.8. The average molecular weight is 350 g/mol. The number of benzene rings is 1. The molecular formula is C17H20BrNO2. The Morgan fingerprint density at radius 3 is 2.76 bits per heavy atom. The lowest BCUT2D eigenvalue weighted by atomic mass is 10.2. The van der Waals surface area contributed by atoms with Crippen molar-refractivity contribution in [3.8, 4) is 5.75 Å². The summed E-state index contributed by atoms with van der Waals surface area (Å²) >= 11 is 3.46. The van der Waals surface area contributed by atoms with Gasteiger partial charge in [0.15, 0.2) is 0 Å². The first kappa shape index (κ1) is 14.7. The van der Waals surface area contributed by atoms with Crippen molar-refractivity contribution < 1.29 is 9.15 Å². The molecule has 112 valence electrons. The van der Waals surface area contributed by atoms with Crippen LogP contribution in [0.4, 0.5) is 0 Å². The largest absolute Gasteiger partial charge is 0.485 e. The number of hydrogen-bond donors (Lipinski definition) is 1. The lowest BCUT2D eigenvalue weighted by Crippen LogP contribution is -2.15. The van der Waals surface area contributed by atoms with Gasteiger partial charge >= 0.3 is 0 Å². The van der Waals surface area contributed by atoms with Crippen LogP contribution in [-0.2, 0) is 13.2 Å². The summed E-state index contributed by atoms with van der Waals surface area (Å²) in [5, 5.41) is 3.48. The third-order valence-electron chi connectivity index (χ3n) is 3.71. The molecule has 1 aliphatic rings. The summed E-state index contributed by atoms with van der Waals surface area (Å²) in [5.41, 5.74) is 2.30. The molecule has 0 spiro atoms. The molecule has 0 atom stereocenters. The quantitative estimate of drug-likeness (QED) is 0.834. The Kier molecular flexibility index (Phi) is 4.36. The highest BCUT2D eigenvalue weighted by Gasteiger charge is 2.21. The molecule has 0 unspecified atom stereocenters. The van der Waals surface area contributed by atoms with Gasteiger partial charge < -0.3 is 14.5 Å². The van der Waals surface area contributed by atoms with Crippen LogP contribution >= 0.6 is 15.9 Å². The molecule has 0 aliphatic heterocycles. The van der Waals surface area contributed by atoms with Gasteiger partial charge in [-0.05, 0) is 62.1 Å². The van der Waals surface area contributed by atoms with E-state index >= 15 is 0 Å². The van der Waals surface area contributed by atoms with E-state index in [1.165, 1.54) is 18.4 Å². The zero-order valence-electron chi connectivity index (χ0n) is 12.4. The third kappa shape index (κ3) is 3.89. The van der Waals surface area contributed by atoms with Crippen LogP contribution in [0.3, 0.4) is 0 Å². The lowest BCUT2D eigenvalue weighted by molar-refractivity contribution is 0.263. The molecule has 1 aliphatic carbocycles. The maximum atomic E-state index is 5.88. The van der Waals surface area contributed by atoms with E-state index in [2.05, 4.69) is 34.2 Å². The summed E-state index contributed by atoms with van der Waals surface area (Å²) in [6.07, 6.45) is 2.58. The molecule has 3 nitrogen and oxygen atoms in total. The minimum atomic E-state index is 0.465. The van der Waals surface area contributed by atoms with Crippen molar-refractivity contribution in [1.29, 1.82) is 0 Å². The molecule has 1 N–H and O–H groups in total. The summed E-state index contributed by atoms with van der Waals surface area (Å²) in [4.78, 5) is 0. The van der Waals surface area contributed by atoms with E-state index < -0.39 is 0 Å². The average Bonchev–Trinajstić information content (AvgIpc) is 3.20. The van der Waals surface area contributed by atoms with Crippen LogP contribution in [0.5, 0.6) is 5.75 Å². The molecule has 21 heavy (non-hydrogen) atoms. The molecular weight excluding hydrogens is 330 g/mol. The molecule has 0 bridgehead atoms. The number of halogens is 1. The maximum absolute atomic E-state index is 5.88. The first-order valence-corrected chi connectivity index (χ1v) is 8.11. The van der Waals surface area contributed by atoms with Gasteiger partial charge in [-0.2, -0.15) is 0 Å². The SMILES string of the molecule is Cc1cc(Br)ccc1OCc1cc(C)c(CNC2CC2)o1. The van der Waals surface area contributed by atoms with Crippen molar-refractivity contribution in [2.45, 2.75) is 45.9 Å². The Bertz CT molecular complexity index is 632. The number of aryl methyl sites for hydroxylation is 2. The highest BCUT2D eigenvalue weighted by molar-refractivity contribution is 9.10. The highest BCUT2D eigenvalue weighted by Crippen LogP contribution is 2.24. The van der Waals surface area contributed by atoms with Gasteiger partial charge in [0.1, 0.15) is 23.9 Å².